The largest absolute Gasteiger partial charge is 0.100 e. The Morgan fingerprint density at radius 1 is 1.15 bits per heavy atom. The number of hydrogen-bond donors (Lipinski definition) is 0. The highest BCUT2D eigenvalue weighted by molar-refractivity contribution is 5.09. The van der Waals surface area contributed by atoms with Crippen molar-refractivity contribution in [2.45, 2.75) is 47.5 Å². The molecule has 0 N–H and O–H groups in total. The molecule has 0 aliphatic carbocycles. The Balaban J connectivity index is -0.000000142. The Morgan fingerprint density at radius 3 is 1.54 bits per heavy atom. The molecular weight excluding hydrogens is 156 g/mol. The molecule has 13 heavy (non-hydrogen) atoms. The summed E-state index contributed by atoms with van der Waals surface area (Å²) in [6.45, 7) is 21.0. The average molecular weight is 182 g/mol. The van der Waals surface area contributed by atoms with Crippen molar-refractivity contribution in [2.75, 3.05) is 0 Å². The van der Waals surface area contributed by atoms with Gasteiger partial charge >= 0.3 is 0 Å². The lowest BCUT2D eigenvalue weighted by Gasteiger charge is -1.89. The second-order valence-corrected chi connectivity index (χ2v) is 2.82. The van der Waals surface area contributed by atoms with Crippen molar-refractivity contribution in [3.8, 4) is 0 Å². The summed E-state index contributed by atoms with van der Waals surface area (Å²) < 4.78 is 0. The van der Waals surface area contributed by atoms with Crippen LogP contribution in [0.5, 0.6) is 0 Å². The zero-order valence-corrected chi connectivity index (χ0v) is 10.1. The average Bonchev–Trinajstić information content (AvgIpc) is 2.07. The topological polar surface area (TPSA) is 0 Å². The number of rotatable bonds is 3. The van der Waals surface area contributed by atoms with Crippen molar-refractivity contribution in [3.63, 3.8) is 0 Å². The Hall–Kier alpha value is -0.780. The maximum absolute atomic E-state index is 3.74. The molecule has 0 aromatic rings. The lowest BCUT2D eigenvalue weighted by Crippen LogP contribution is -1.69. The summed E-state index contributed by atoms with van der Waals surface area (Å²) in [5, 5.41) is 0. The molecule has 0 aromatic heterocycles. The Morgan fingerprint density at radius 2 is 1.46 bits per heavy atom. The van der Waals surface area contributed by atoms with E-state index in [0.29, 0.717) is 0 Å². The molecule has 0 saturated carbocycles. The maximum Gasteiger partial charge on any atom is -0.0288 e. The van der Waals surface area contributed by atoms with E-state index in [9.17, 15) is 0 Å². The van der Waals surface area contributed by atoms with E-state index in [1.54, 1.807) is 0 Å². The summed E-state index contributed by atoms with van der Waals surface area (Å²) in [7, 11) is 0. The van der Waals surface area contributed by atoms with Crippen molar-refractivity contribution in [1.82, 2.24) is 0 Å². The van der Waals surface area contributed by atoms with Crippen LogP contribution in [0.15, 0.2) is 37.0 Å². The second-order valence-electron chi connectivity index (χ2n) is 2.82. The number of hydrogen-bond acceptors (Lipinski definition) is 0. The van der Waals surface area contributed by atoms with Gasteiger partial charge in [-0.05, 0) is 20.3 Å². The summed E-state index contributed by atoms with van der Waals surface area (Å²) >= 11 is 0. The monoisotopic (exact) mass is 182 g/mol. The van der Waals surface area contributed by atoms with Crippen molar-refractivity contribution >= 4 is 0 Å². The summed E-state index contributed by atoms with van der Waals surface area (Å²) in [5.41, 5.74) is 2.31. The standard InChI is InChI=1S/C7H12.C4H8.C2H6/c1-4-6-7(3)5-2;1-4(2)3;1-2/h5H,2-4,6H2,1H3;1H2,2-3H3;1-2H3. The number of allylic oxidation sites excluding steroid dienone is 3. The summed E-state index contributed by atoms with van der Waals surface area (Å²) in [4.78, 5) is 0. The summed E-state index contributed by atoms with van der Waals surface area (Å²) in [5.74, 6) is 0. The molecule has 0 radical (unpaired) electrons. The van der Waals surface area contributed by atoms with Crippen molar-refractivity contribution in [2.24, 2.45) is 0 Å². The molecule has 0 saturated heterocycles. The van der Waals surface area contributed by atoms with Gasteiger partial charge in [0.2, 0.25) is 0 Å². The van der Waals surface area contributed by atoms with Gasteiger partial charge in [-0.1, -0.05) is 57.6 Å². The van der Waals surface area contributed by atoms with E-state index >= 15 is 0 Å². The van der Waals surface area contributed by atoms with Gasteiger partial charge in [0.25, 0.3) is 0 Å². The van der Waals surface area contributed by atoms with Gasteiger partial charge in [-0.15, -0.1) is 6.58 Å². The van der Waals surface area contributed by atoms with E-state index < -0.39 is 0 Å². The van der Waals surface area contributed by atoms with Crippen LogP contribution in [0.2, 0.25) is 0 Å². The predicted octanol–water partition coefficient (Wildman–Crippen LogP) is 5.14. The van der Waals surface area contributed by atoms with Crippen molar-refractivity contribution in [1.29, 1.82) is 0 Å². The normalized spacial score (nSPS) is 6.85. The van der Waals surface area contributed by atoms with E-state index in [1.165, 1.54) is 12.0 Å². The first kappa shape index (κ1) is 18.1. The van der Waals surface area contributed by atoms with Crippen LogP contribution in [0.25, 0.3) is 0 Å². The summed E-state index contributed by atoms with van der Waals surface area (Å²) in [6, 6.07) is 0. The smallest absolute Gasteiger partial charge is 0.0288 e. The van der Waals surface area contributed by atoms with Crippen LogP contribution in [0.1, 0.15) is 47.5 Å². The van der Waals surface area contributed by atoms with E-state index in [2.05, 4.69) is 26.7 Å². The lowest BCUT2D eigenvalue weighted by molar-refractivity contribution is 0.930. The van der Waals surface area contributed by atoms with Gasteiger partial charge < -0.3 is 0 Å². The third kappa shape index (κ3) is 53.6. The first-order valence-electron chi connectivity index (χ1n) is 4.96. The first-order valence-corrected chi connectivity index (χ1v) is 4.96. The van der Waals surface area contributed by atoms with Crippen LogP contribution >= 0.6 is 0 Å². The highest BCUT2D eigenvalue weighted by Gasteiger charge is 1.79. The van der Waals surface area contributed by atoms with E-state index in [4.69, 9.17) is 0 Å². The lowest BCUT2D eigenvalue weighted by atomic mass is 10.2. The molecule has 0 aliphatic heterocycles. The fourth-order valence-electron chi connectivity index (χ4n) is 0.423. The van der Waals surface area contributed by atoms with Crippen LogP contribution in [0.4, 0.5) is 0 Å². The van der Waals surface area contributed by atoms with Gasteiger partial charge in [0, 0.05) is 0 Å². The van der Waals surface area contributed by atoms with Gasteiger partial charge in [0.05, 0.1) is 0 Å². The van der Waals surface area contributed by atoms with Gasteiger partial charge in [0.15, 0.2) is 0 Å². The van der Waals surface area contributed by atoms with Crippen LogP contribution in [0, 0.1) is 0 Å². The fraction of sp³-hybridized carbons (Fsp3) is 0.538. The molecule has 0 nitrogen and oxygen atoms in total. The minimum absolute atomic E-state index is 1.09. The van der Waals surface area contributed by atoms with Gasteiger partial charge in [-0.25, -0.2) is 0 Å². The van der Waals surface area contributed by atoms with Gasteiger partial charge in [0.1, 0.15) is 0 Å². The maximum atomic E-state index is 3.74. The molecule has 0 spiro atoms. The molecular formula is C13H26. The molecule has 0 rings (SSSR count). The molecule has 0 heteroatoms. The minimum Gasteiger partial charge on any atom is -0.100 e. The van der Waals surface area contributed by atoms with Gasteiger partial charge in [-0.2, -0.15) is 0 Å². The van der Waals surface area contributed by atoms with Gasteiger partial charge in [-0.3, -0.25) is 0 Å². The predicted molar refractivity (Wildman–Crippen MR) is 66.1 cm³/mol. The zero-order chi connectivity index (χ0) is 11.3. The Bertz CT molecular complexity index is 125. The summed E-state index contributed by atoms with van der Waals surface area (Å²) in [6.07, 6.45) is 4.07. The molecule has 0 aromatic carbocycles. The highest BCUT2D eigenvalue weighted by Crippen LogP contribution is 1.99. The molecule has 0 atom stereocenters. The van der Waals surface area contributed by atoms with E-state index in [-0.39, 0.29) is 0 Å². The molecule has 0 fully saturated rings. The molecule has 0 bridgehead atoms. The molecule has 0 aliphatic rings. The van der Waals surface area contributed by atoms with Crippen molar-refractivity contribution < 1.29 is 0 Å². The fourth-order valence-corrected chi connectivity index (χ4v) is 0.423. The third-order valence-corrected chi connectivity index (χ3v) is 0.860. The molecule has 0 unspecified atom stereocenters. The highest BCUT2D eigenvalue weighted by atomic mass is 13.9. The van der Waals surface area contributed by atoms with E-state index in [1.807, 2.05) is 33.8 Å². The molecule has 0 amide bonds. The molecule has 78 valence electrons. The third-order valence-electron chi connectivity index (χ3n) is 0.860. The molecule has 0 heterocycles. The van der Waals surface area contributed by atoms with E-state index in [0.717, 1.165) is 12.0 Å². The van der Waals surface area contributed by atoms with Crippen LogP contribution in [-0.2, 0) is 0 Å². The van der Waals surface area contributed by atoms with Crippen LogP contribution in [-0.4, -0.2) is 0 Å². The Labute approximate surface area is 85.1 Å². The zero-order valence-electron chi connectivity index (χ0n) is 10.1. The van der Waals surface area contributed by atoms with Crippen LogP contribution < -0.4 is 0 Å². The quantitative estimate of drug-likeness (QED) is 0.419. The first-order chi connectivity index (χ1) is 6.04. The van der Waals surface area contributed by atoms with Crippen molar-refractivity contribution in [3.05, 3.63) is 37.0 Å². The SMILES string of the molecule is C=C(C)C.C=CC(=C)CCC.CC. The second kappa shape index (κ2) is 17.3. The van der Waals surface area contributed by atoms with Crippen LogP contribution in [0.3, 0.4) is 0 Å². The Kier molecular flexibility index (Phi) is 24.1. The minimum atomic E-state index is 1.09.